The maximum absolute atomic E-state index is 13.6. The first kappa shape index (κ1) is 24.7. The van der Waals surface area contributed by atoms with E-state index in [1.54, 1.807) is 6.07 Å². The molecule has 3 aliphatic rings. The second kappa shape index (κ2) is 8.67. The number of carboxylic acid groups (broad SMARTS) is 1. The van der Waals surface area contributed by atoms with Crippen LogP contribution in [-0.4, -0.2) is 40.7 Å². The van der Waals surface area contributed by atoms with Crippen molar-refractivity contribution in [3.63, 3.8) is 0 Å². The maximum atomic E-state index is 13.6. The molecule has 0 saturated heterocycles. The van der Waals surface area contributed by atoms with E-state index in [9.17, 15) is 14.4 Å². The summed E-state index contributed by atoms with van der Waals surface area (Å²) in [6.07, 6.45) is 2.46. The standard InChI is InChI=1S/C27H32BrNO5/c1-6-29-17-10-26(2,3)12-19(30)24(17)23(25-18(29)11-27(4,5)13-20(25)31)15-7-8-21(16(28)9-15)34-14-22(32)33/h7-9,23H,6,10-14H2,1-5H3,(H,32,33). The lowest BCUT2D eigenvalue weighted by atomic mass is 9.63. The fourth-order valence-electron chi connectivity index (χ4n) is 5.72. The van der Waals surface area contributed by atoms with Crippen LogP contribution in [0.1, 0.15) is 71.8 Å². The maximum Gasteiger partial charge on any atom is 0.341 e. The van der Waals surface area contributed by atoms with Gasteiger partial charge in [0.05, 0.1) is 4.47 Å². The van der Waals surface area contributed by atoms with E-state index in [0.717, 1.165) is 40.9 Å². The van der Waals surface area contributed by atoms with Gasteiger partial charge in [-0.05, 0) is 64.2 Å². The van der Waals surface area contributed by atoms with Gasteiger partial charge >= 0.3 is 5.97 Å². The summed E-state index contributed by atoms with van der Waals surface area (Å²) in [6, 6.07) is 5.42. The number of Topliss-reactive ketones (excluding diaryl/α,β-unsaturated/α-hetero) is 2. The molecule has 1 aliphatic heterocycles. The number of carbonyl (C=O) groups is 3. The van der Waals surface area contributed by atoms with Gasteiger partial charge in [-0.2, -0.15) is 0 Å². The Morgan fingerprint density at radius 3 is 2.00 bits per heavy atom. The molecule has 0 aromatic heterocycles. The molecule has 1 heterocycles. The first-order chi connectivity index (χ1) is 15.8. The summed E-state index contributed by atoms with van der Waals surface area (Å²) in [7, 11) is 0. The summed E-state index contributed by atoms with van der Waals surface area (Å²) in [5.41, 5.74) is 4.11. The predicted octanol–water partition coefficient (Wildman–Crippen LogP) is 5.62. The van der Waals surface area contributed by atoms with E-state index in [-0.39, 0.29) is 22.4 Å². The quantitative estimate of drug-likeness (QED) is 0.532. The van der Waals surface area contributed by atoms with Crippen molar-refractivity contribution in [2.24, 2.45) is 10.8 Å². The summed E-state index contributed by atoms with van der Waals surface area (Å²) in [5.74, 6) is -0.877. The van der Waals surface area contributed by atoms with E-state index in [1.165, 1.54) is 0 Å². The van der Waals surface area contributed by atoms with Gasteiger partial charge in [-0.3, -0.25) is 9.59 Å². The van der Waals surface area contributed by atoms with Gasteiger partial charge in [0.25, 0.3) is 0 Å². The van der Waals surface area contributed by atoms with Gasteiger partial charge in [-0.15, -0.1) is 0 Å². The van der Waals surface area contributed by atoms with E-state index in [4.69, 9.17) is 9.84 Å². The molecule has 0 unspecified atom stereocenters. The van der Waals surface area contributed by atoms with Crippen LogP contribution in [0.15, 0.2) is 45.2 Å². The van der Waals surface area contributed by atoms with Gasteiger partial charge in [-0.1, -0.05) is 33.8 Å². The lowest BCUT2D eigenvalue weighted by molar-refractivity contribution is -0.139. The summed E-state index contributed by atoms with van der Waals surface area (Å²) >= 11 is 3.50. The van der Waals surface area contributed by atoms with Crippen LogP contribution in [0.25, 0.3) is 0 Å². The van der Waals surface area contributed by atoms with Crippen molar-refractivity contribution < 1.29 is 24.2 Å². The minimum Gasteiger partial charge on any atom is -0.481 e. The fraction of sp³-hybridized carbons (Fsp3) is 0.519. The molecule has 2 aliphatic carbocycles. The molecule has 6 nitrogen and oxygen atoms in total. The van der Waals surface area contributed by atoms with Crippen molar-refractivity contribution in [1.82, 2.24) is 4.90 Å². The Morgan fingerprint density at radius 1 is 1.03 bits per heavy atom. The molecule has 0 bridgehead atoms. The van der Waals surface area contributed by atoms with Crippen molar-refractivity contribution in [3.8, 4) is 5.75 Å². The summed E-state index contributed by atoms with van der Waals surface area (Å²) in [6.45, 7) is 10.9. The highest BCUT2D eigenvalue weighted by atomic mass is 79.9. The Kier molecular flexibility index (Phi) is 6.30. The van der Waals surface area contributed by atoms with Gasteiger partial charge in [-0.25, -0.2) is 4.79 Å². The molecule has 1 N–H and O–H groups in total. The Balaban J connectivity index is 1.90. The van der Waals surface area contributed by atoms with Crippen LogP contribution in [0.5, 0.6) is 5.75 Å². The zero-order valence-corrected chi connectivity index (χ0v) is 22.0. The molecule has 1 aromatic rings. The molecule has 182 valence electrons. The Morgan fingerprint density at radius 2 is 1.56 bits per heavy atom. The van der Waals surface area contributed by atoms with Crippen LogP contribution in [0.3, 0.4) is 0 Å². The number of hydrogen-bond donors (Lipinski definition) is 1. The molecule has 1 aromatic carbocycles. The van der Waals surface area contributed by atoms with Crippen LogP contribution in [0.2, 0.25) is 0 Å². The second-order valence-corrected chi connectivity index (χ2v) is 12.0. The van der Waals surface area contributed by atoms with Crippen LogP contribution in [0, 0.1) is 10.8 Å². The lowest BCUT2D eigenvalue weighted by Gasteiger charge is -2.48. The number of benzene rings is 1. The number of carboxylic acids is 1. The summed E-state index contributed by atoms with van der Waals surface area (Å²) < 4.78 is 5.97. The highest BCUT2D eigenvalue weighted by Crippen LogP contribution is 2.54. The van der Waals surface area contributed by atoms with Crippen LogP contribution in [0.4, 0.5) is 0 Å². The molecule has 0 saturated carbocycles. The van der Waals surface area contributed by atoms with Gasteiger partial charge in [0.1, 0.15) is 5.75 Å². The van der Waals surface area contributed by atoms with Crippen molar-refractivity contribution in [2.75, 3.05) is 13.2 Å². The van der Waals surface area contributed by atoms with Crippen molar-refractivity contribution in [3.05, 3.63) is 50.8 Å². The van der Waals surface area contributed by atoms with Crippen LogP contribution < -0.4 is 4.74 Å². The number of ketones is 2. The first-order valence-corrected chi connectivity index (χ1v) is 12.6. The Labute approximate surface area is 209 Å². The third-order valence-corrected chi connectivity index (χ3v) is 7.60. The van der Waals surface area contributed by atoms with Crippen molar-refractivity contribution in [1.29, 1.82) is 0 Å². The fourth-order valence-corrected chi connectivity index (χ4v) is 6.23. The highest BCUT2D eigenvalue weighted by Gasteiger charge is 2.48. The molecule has 4 rings (SSSR count). The lowest BCUT2D eigenvalue weighted by Crippen LogP contribution is -2.44. The molecule has 0 atom stereocenters. The van der Waals surface area contributed by atoms with E-state index in [1.807, 2.05) is 12.1 Å². The average Bonchev–Trinajstić information content (AvgIpc) is 2.69. The number of carbonyl (C=O) groups excluding carboxylic acids is 2. The number of hydrogen-bond acceptors (Lipinski definition) is 5. The molecule has 7 heteroatoms. The van der Waals surface area contributed by atoms with Gasteiger partial charge in [0.15, 0.2) is 18.2 Å². The van der Waals surface area contributed by atoms with E-state index < -0.39 is 18.5 Å². The van der Waals surface area contributed by atoms with E-state index in [0.29, 0.717) is 29.6 Å². The molecular weight excluding hydrogens is 498 g/mol. The number of rotatable bonds is 5. The smallest absolute Gasteiger partial charge is 0.341 e. The number of aliphatic carboxylic acids is 1. The average molecular weight is 530 g/mol. The second-order valence-electron chi connectivity index (χ2n) is 11.2. The van der Waals surface area contributed by atoms with Crippen LogP contribution in [-0.2, 0) is 14.4 Å². The minimum absolute atomic E-state index is 0.0983. The normalized spacial score (nSPS) is 22.0. The number of halogens is 1. The summed E-state index contributed by atoms with van der Waals surface area (Å²) in [5, 5.41) is 8.94. The third kappa shape index (κ3) is 4.47. The topological polar surface area (TPSA) is 83.9 Å². The highest BCUT2D eigenvalue weighted by molar-refractivity contribution is 9.10. The zero-order chi connectivity index (χ0) is 25.0. The molecule has 0 radical (unpaired) electrons. The van der Waals surface area contributed by atoms with Gasteiger partial charge in [0.2, 0.25) is 0 Å². The van der Waals surface area contributed by atoms with E-state index >= 15 is 0 Å². The van der Waals surface area contributed by atoms with Gasteiger partial charge < -0.3 is 14.7 Å². The SMILES string of the molecule is CCN1C2=C(C(=O)CC(C)(C)C2)C(c2ccc(OCC(=O)O)c(Br)c2)C2=C1CC(C)(C)CC2=O. The van der Waals surface area contributed by atoms with Crippen LogP contribution >= 0.6 is 15.9 Å². The summed E-state index contributed by atoms with van der Waals surface area (Å²) in [4.78, 5) is 40.4. The predicted molar refractivity (Wildman–Crippen MR) is 132 cm³/mol. The zero-order valence-electron chi connectivity index (χ0n) is 20.5. The minimum atomic E-state index is -1.06. The molecule has 0 fully saturated rings. The monoisotopic (exact) mass is 529 g/mol. The first-order valence-electron chi connectivity index (χ1n) is 11.8. The molecule has 0 amide bonds. The third-order valence-electron chi connectivity index (χ3n) is 6.98. The largest absolute Gasteiger partial charge is 0.481 e. The molecule has 34 heavy (non-hydrogen) atoms. The molecular formula is C27H32BrNO5. The van der Waals surface area contributed by atoms with Crippen molar-refractivity contribution >= 4 is 33.5 Å². The Bertz CT molecular complexity index is 1090. The van der Waals surface area contributed by atoms with E-state index in [2.05, 4.69) is 55.4 Å². The Hall–Kier alpha value is -2.41. The molecule has 0 spiro atoms. The number of allylic oxidation sites excluding steroid dienone is 4. The van der Waals surface area contributed by atoms with Gasteiger partial charge in [0, 0.05) is 47.8 Å². The number of nitrogens with zero attached hydrogens (tertiary/aromatic N) is 1. The number of ether oxygens (including phenoxy) is 1. The van der Waals surface area contributed by atoms with Crippen molar-refractivity contribution in [2.45, 2.75) is 66.2 Å².